The molecule has 1 aromatic rings. The molecule has 0 amide bonds. The van der Waals surface area contributed by atoms with Gasteiger partial charge in [-0.05, 0) is 12.1 Å². The average molecular weight is 318 g/mol. The van der Waals surface area contributed by atoms with Crippen molar-refractivity contribution in [2.75, 3.05) is 25.3 Å². The van der Waals surface area contributed by atoms with Gasteiger partial charge in [0.2, 0.25) is 0 Å². The van der Waals surface area contributed by atoms with Crippen LogP contribution in [0.25, 0.3) is 0 Å². The maximum Gasteiger partial charge on any atom is 0.328 e. The molecule has 0 saturated carbocycles. The zero-order valence-corrected chi connectivity index (χ0v) is 12.1. The van der Waals surface area contributed by atoms with E-state index in [1.54, 1.807) is 0 Å². The number of carbonyl (C=O) groups is 1. The maximum atomic E-state index is 11.6. The number of methoxy groups -OCH3 is 1. The predicted octanol–water partition coefficient (Wildman–Crippen LogP) is 0.510. The number of carboxylic acids is 1. The third kappa shape index (κ3) is 4.13. The van der Waals surface area contributed by atoms with Crippen molar-refractivity contribution in [3.63, 3.8) is 0 Å². The Morgan fingerprint density at radius 1 is 1.52 bits per heavy atom. The summed E-state index contributed by atoms with van der Waals surface area (Å²) in [4.78, 5) is 20.8. The first-order chi connectivity index (χ1) is 9.68. The Kier molecular flexibility index (Phi) is 5.22. The number of benzene rings is 1. The van der Waals surface area contributed by atoms with E-state index in [1.807, 2.05) is 0 Å². The molecule has 0 heterocycles. The first kappa shape index (κ1) is 16.9. The van der Waals surface area contributed by atoms with Gasteiger partial charge in [-0.3, -0.25) is 10.1 Å². The zero-order chi connectivity index (χ0) is 16.2. The van der Waals surface area contributed by atoms with Gasteiger partial charge in [-0.1, -0.05) is 6.07 Å². The van der Waals surface area contributed by atoms with E-state index in [4.69, 9.17) is 9.84 Å². The molecule has 116 valence electrons. The molecule has 1 aromatic carbocycles. The van der Waals surface area contributed by atoms with Gasteiger partial charge in [0.15, 0.2) is 9.84 Å². The summed E-state index contributed by atoms with van der Waals surface area (Å²) in [5.74, 6) is -1.28. The minimum atomic E-state index is -3.83. The van der Waals surface area contributed by atoms with E-state index >= 15 is 0 Å². The van der Waals surface area contributed by atoms with Crippen LogP contribution in [0.15, 0.2) is 23.1 Å². The number of aliphatic carboxylic acids is 1. The quantitative estimate of drug-likeness (QED) is 0.548. The number of nitro benzene ring substituents is 1. The molecule has 9 nitrogen and oxygen atoms in total. The number of hydrogen-bond acceptors (Lipinski definition) is 7. The minimum absolute atomic E-state index is 0.202. The number of para-hydroxylation sites is 1. The fraction of sp³-hybridized carbons (Fsp3) is 0.364. The second-order valence-electron chi connectivity index (χ2n) is 4.17. The Bertz CT molecular complexity index is 657. The number of ether oxygens (including phenoxy) is 1. The monoisotopic (exact) mass is 318 g/mol. The van der Waals surface area contributed by atoms with Crippen molar-refractivity contribution in [3.05, 3.63) is 28.3 Å². The molecule has 0 aromatic heterocycles. The molecule has 10 heteroatoms. The molecule has 0 radical (unpaired) electrons. The van der Waals surface area contributed by atoms with Crippen LogP contribution >= 0.6 is 0 Å². The third-order valence-corrected chi connectivity index (χ3v) is 3.67. The van der Waals surface area contributed by atoms with Gasteiger partial charge in [0.05, 0.1) is 11.5 Å². The van der Waals surface area contributed by atoms with Crippen molar-refractivity contribution < 1.29 is 28.0 Å². The highest BCUT2D eigenvalue weighted by Crippen LogP contribution is 2.32. The largest absolute Gasteiger partial charge is 0.480 e. The van der Waals surface area contributed by atoms with E-state index in [0.717, 1.165) is 12.3 Å². The predicted molar refractivity (Wildman–Crippen MR) is 73.1 cm³/mol. The molecule has 0 spiro atoms. The van der Waals surface area contributed by atoms with E-state index in [-0.39, 0.29) is 12.3 Å². The second kappa shape index (κ2) is 6.50. The molecule has 1 rings (SSSR count). The Labute approximate surface area is 120 Å². The van der Waals surface area contributed by atoms with Crippen molar-refractivity contribution in [1.82, 2.24) is 0 Å². The topological polar surface area (TPSA) is 136 Å². The molecule has 0 bridgehead atoms. The van der Waals surface area contributed by atoms with Gasteiger partial charge in [-0.2, -0.15) is 0 Å². The minimum Gasteiger partial charge on any atom is -0.480 e. The lowest BCUT2D eigenvalue weighted by atomic mass is 10.2. The summed E-state index contributed by atoms with van der Waals surface area (Å²) in [5.41, 5.74) is -0.894. The molecule has 1 atom stereocenters. The number of nitrogens with zero attached hydrogens (tertiary/aromatic N) is 1. The van der Waals surface area contributed by atoms with Gasteiger partial charge < -0.3 is 15.2 Å². The van der Waals surface area contributed by atoms with Gasteiger partial charge in [-0.25, -0.2) is 13.2 Å². The Hall–Kier alpha value is -2.20. The van der Waals surface area contributed by atoms with E-state index in [1.165, 1.54) is 19.2 Å². The van der Waals surface area contributed by atoms with Crippen molar-refractivity contribution in [1.29, 1.82) is 0 Å². The van der Waals surface area contributed by atoms with Crippen LogP contribution in [-0.4, -0.2) is 50.4 Å². The number of nitrogens with one attached hydrogen (secondary N) is 1. The van der Waals surface area contributed by atoms with Crippen molar-refractivity contribution in [3.8, 4) is 0 Å². The van der Waals surface area contributed by atoms with E-state index in [0.29, 0.717) is 0 Å². The SMILES string of the molecule is COCC(Nc1cccc(S(C)(=O)=O)c1[N+](=O)[O-])C(=O)O. The molecule has 0 aliphatic rings. The Morgan fingerprint density at radius 3 is 2.57 bits per heavy atom. The highest BCUT2D eigenvalue weighted by molar-refractivity contribution is 7.90. The fourth-order valence-corrected chi connectivity index (χ4v) is 2.52. The smallest absolute Gasteiger partial charge is 0.328 e. The van der Waals surface area contributed by atoms with Crippen LogP contribution < -0.4 is 5.32 Å². The Balaban J connectivity index is 3.37. The number of carboxylic acid groups (broad SMARTS) is 1. The lowest BCUT2D eigenvalue weighted by Crippen LogP contribution is -2.33. The van der Waals surface area contributed by atoms with Crippen LogP contribution in [0.2, 0.25) is 0 Å². The summed E-state index contributed by atoms with van der Waals surface area (Å²) < 4.78 is 27.9. The molecular weight excluding hydrogens is 304 g/mol. The van der Waals surface area contributed by atoms with Gasteiger partial charge >= 0.3 is 11.7 Å². The molecule has 0 fully saturated rings. The highest BCUT2D eigenvalue weighted by atomic mass is 32.2. The van der Waals surface area contributed by atoms with Crippen molar-refractivity contribution >= 4 is 27.2 Å². The number of nitro groups is 1. The van der Waals surface area contributed by atoms with E-state index in [2.05, 4.69) is 5.32 Å². The number of sulfone groups is 1. The van der Waals surface area contributed by atoms with Gasteiger partial charge in [0.1, 0.15) is 16.6 Å². The number of hydrogen-bond donors (Lipinski definition) is 2. The third-order valence-electron chi connectivity index (χ3n) is 2.54. The first-order valence-electron chi connectivity index (χ1n) is 5.64. The molecule has 2 N–H and O–H groups in total. The average Bonchev–Trinajstić information content (AvgIpc) is 2.36. The lowest BCUT2D eigenvalue weighted by Gasteiger charge is -2.15. The molecule has 0 aliphatic heterocycles. The van der Waals surface area contributed by atoms with E-state index < -0.39 is 37.4 Å². The summed E-state index contributed by atoms with van der Waals surface area (Å²) in [6, 6.07) is 2.36. The fourth-order valence-electron chi connectivity index (χ4n) is 1.66. The highest BCUT2D eigenvalue weighted by Gasteiger charge is 2.28. The molecule has 21 heavy (non-hydrogen) atoms. The molecule has 1 unspecified atom stereocenters. The summed E-state index contributed by atoms with van der Waals surface area (Å²) in [6.45, 7) is -0.240. The first-order valence-corrected chi connectivity index (χ1v) is 7.53. The standard InChI is InChI=1S/C11H14N2O7S/c1-20-6-8(11(14)15)12-7-4-3-5-9(21(2,18)19)10(7)13(16)17/h3-5,8,12H,6H2,1-2H3,(H,14,15). The normalized spacial score (nSPS) is 12.7. The maximum absolute atomic E-state index is 11.6. The summed E-state index contributed by atoms with van der Waals surface area (Å²) in [7, 11) is -2.55. The molecule has 0 aliphatic carbocycles. The summed E-state index contributed by atoms with van der Waals surface area (Å²) in [6.07, 6.45) is 0.836. The number of rotatable bonds is 7. The van der Waals surface area contributed by atoms with E-state index in [9.17, 15) is 23.3 Å². The van der Waals surface area contributed by atoms with Gasteiger partial charge in [0, 0.05) is 13.4 Å². The van der Waals surface area contributed by atoms with Crippen molar-refractivity contribution in [2.45, 2.75) is 10.9 Å². The van der Waals surface area contributed by atoms with Crippen LogP contribution in [0.3, 0.4) is 0 Å². The second-order valence-corrected chi connectivity index (χ2v) is 6.16. The summed E-state index contributed by atoms with van der Waals surface area (Å²) >= 11 is 0. The van der Waals surface area contributed by atoms with Crippen LogP contribution in [0, 0.1) is 10.1 Å². The molecule has 0 saturated heterocycles. The van der Waals surface area contributed by atoms with Gasteiger partial charge in [-0.15, -0.1) is 0 Å². The van der Waals surface area contributed by atoms with Crippen LogP contribution in [-0.2, 0) is 19.4 Å². The van der Waals surface area contributed by atoms with Crippen LogP contribution in [0.5, 0.6) is 0 Å². The van der Waals surface area contributed by atoms with Crippen LogP contribution in [0.1, 0.15) is 0 Å². The Morgan fingerprint density at radius 2 is 2.14 bits per heavy atom. The van der Waals surface area contributed by atoms with Crippen molar-refractivity contribution in [2.24, 2.45) is 0 Å². The summed E-state index contributed by atoms with van der Waals surface area (Å²) in [5, 5.41) is 22.5. The zero-order valence-electron chi connectivity index (χ0n) is 11.3. The van der Waals surface area contributed by atoms with Gasteiger partial charge in [0.25, 0.3) is 0 Å². The lowest BCUT2D eigenvalue weighted by molar-refractivity contribution is -0.386. The molecular formula is C11H14N2O7S. The van der Waals surface area contributed by atoms with Crippen LogP contribution in [0.4, 0.5) is 11.4 Å². The number of anilines is 1.